The molecule has 1 rings (SSSR count). The fraction of sp³-hybridized carbons (Fsp3) is 0.273. The number of phenols is 1. The summed E-state index contributed by atoms with van der Waals surface area (Å²) in [6.45, 7) is 1.84. The number of halogens is 1. The first-order chi connectivity index (χ1) is 7.54. The van der Waals surface area contributed by atoms with Crippen LogP contribution in [0.5, 0.6) is 5.75 Å². The molecule has 0 spiro atoms. The number of nitriles is 1. The number of hydrogen-bond donors (Lipinski definition) is 2. The zero-order valence-corrected chi connectivity index (χ0v) is 8.70. The van der Waals surface area contributed by atoms with Gasteiger partial charge in [-0.05, 0) is 19.1 Å². The van der Waals surface area contributed by atoms with Crippen molar-refractivity contribution in [2.75, 3.05) is 6.54 Å². The number of carbonyl (C=O) groups excluding carboxylic acids is 1. The minimum atomic E-state index is -0.612. The van der Waals surface area contributed by atoms with E-state index in [4.69, 9.17) is 5.26 Å². The van der Waals surface area contributed by atoms with Gasteiger partial charge in [-0.3, -0.25) is 4.79 Å². The summed E-state index contributed by atoms with van der Waals surface area (Å²) in [5.41, 5.74) is -0.00783. The van der Waals surface area contributed by atoms with Crippen molar-refractivity contribution < 1.29 is 14.3 Å². The second kappa shape index (κ2) is 5.12. The van der Waals surface area contributed by atoms with Crippen LogP contribution in [0, 0.1) is 23.1 Å². The standard InChI is InChI=1S/C11H11FN2O2/c1-7(5-13)6-14-11(16)9-3-2-8(12)4-10(9)15/h2-4,7,15H,6H2,1H3,(H,14,16). The Labute approximate surface area is 92.3 Å². The van der Waals surface area contributed by atoms with E-state index in [-0.39, 0.29) is 18.0 Å². The number of hydrogen-bond acceptors (Lipinski definition) is 3. The fourth-order valence-corrected chi connectivity index (χ4v) is 1.08. The van der Waals surface area contributed by atoms with Gasteiger partial charge in [0.05, 0.1) is 17.6 Å². The summed E-state index contributed by atoms with van der Waals surface area (Å²) in [7, 11) is 0. The van der Waals surface area contributed by atoms with Crippen molar-refractivity contribution in [1.82, 2.24) is 5.32 Å². The number of nitrogens with zero attached hydrogens (tertiary/aromatic N) is 1. The third kappa shape index (κ3) is 2.95. The summed E-state index contributed by atoms with van der Waals surface area (Å²) in [5.74, 6) is -1.87. The Bertz CT molecular complexity index is 440. The zero-order valence-electron chi connectivity index (χ0n) is 8.70. The van der Waals surface area contributed by atoms with Crippen LogP contribution in [0.3, 0.4) is 0 Å². The molecule has 1 amide bonds. The number of carbonyl (C=O) groups is 1. The molecule has 0 fully saturated rings. The van der Waals surface area contributed by atoms with Gasteiger partial charge >= 0.3 is 0 Å². The zero-order chi connectivity index (χ0) is 12.1. The maximum Gasteiger partial charge on any atom is 0.255 e. The van der Waals surface area contributed by atoms with Gasteiger partial charge in [0, 0.05) is 12.6 Å². The van der Waals surface area contributed by atoms with Crippen molar-refractivity contribution >= 4 is 5.91 Å². The number of benzene rings is 1. The Morgan fingerprint density at radius 2 is 2.38 bits per heavy atom. The van der Waals surface area contributed by atoms with E-state index in [0.29, 0.717) is 0 Å². The molecule has 0 aromatic heterocycles. The van der Waals surface area contributed by atoms with Crippen LogP contribution in [-0.4, -0.2) is 17.6 Å². The molecule has 1 atom stereocenters. The molecule has 4 nitrogen and oxygen atoms in total. The van der Waals surface area contributed by atoms with Gasteiger partial charge in [0.2, 0.25) is 0 Å². The molecule has 0 saturated carbocycles. The van der Waals surface area contributed by atoms with E-state index in [9.17, 15) is 14.3 Å². The Morgan fingerprint density at radius 1 is 1.69 bits per heavy atom. The van der Waals surface area contributed by atoms with E-state index < -0.39 is 17.5 Å². The molecule has 2 N–H and O–H groups in total. The van der Waals surface area contributed by atoms with E-state index in [1.165, 1.54) is 6.07 Å². The predicted molar refractivity (Wildman–Crippen MR) is 55.2 cm³/mol. The molecule has 1 aromatic carbocycles. The average Bonchev–Trinajstić information content (AvgIpc) is 2.25. The number of nitrogens with one attached hydrogen (secondary N) is 1. The van der Waals surface area contributed by atoms with Crippen molar-refractivity contribution in [3.05, 3.63) is 29.6 Å². The minimum Gasteiger partial charge on any atom is -0.507 e. The van der Waals surface area contributed by atoms with Crippen LogP contribution in [0.2, 0.25) is 0 Å². The van der Waals surface area contributed by atoms with Gasteiger partial charge < -0.3 is 10.4 Å². The Balaban J connectivity index is 2.71. The van der Waals surface area contributed by atoms with Crippen LogP contribution < -0.4 is 5.32 Å². The molecule has 1 unspecified atom stereocenters. The van der Waals surface area contributed by atoms with Gasteiger partial charge in [-0.2, -0.15) is 5.26 Å². The molecular weight excluding hydrogens is 211 g/mol. The van der Waals surface area contributed by atoms with E-state index in [1.807, 2.05) is 6.07 Å². The van der Waals surface area contributed by atoms with Crippen molar-refractivity contribution in [1.29, 1.82) is 5.26 Å². The van der Waals surface area contributed by atoms with Gasteiger partial charge in [0.15, 0.2) is 0 Å². The third-order valence-corrected chi connectivity index (χ3v) is 1.99. The molecule has 0 bridgehead atoms. The SMILES string of the molecule is CC(C#N)CNC(=O)c1ccc(F)cc1O. The largest absolute Gasteiger partial charge is 0.507 e. The van der Waals surface area contributed by atoms with Crippen LogP contribution in [0.4, 0.5) is 4.39 Å². The topological polar surface area (TPSA) is 73.1 Å². The minimum absolute atomic E-state index is 0.00783. The van der Waals surface area contributed by atoms with Crippen LogP contribution in [-0.2, 0) is 0 Å². The highest BCUT2D eigenvalue weighted by Gasteiger charge is 2.12. The van der Waals surface area contributed by atoms with Crippen LogP contribution in [0.15, 0.2) is 18.2 Å². The quantitative estimate of drug-likeness (QED) is 0.812. The van der Waals surface area contributed by atoms with Crippen LogP contribution in [0.1, 0.15) is 17.3 Å². The van der Waals surface area contributed by atoms with Crippen molar-refractivity contribution in [2.45, 2.75) is 6.92 Å². The lowest BCUT2D eigenvalue weighted by molar-refractivity contribution is 0.0948. The molecule has 1 aromatic rings. The van der Waals surface area contributed by atoms with Gasteiger partial charge in [0.25, 0.3) is 5.91 Å². The van der Waals surface area contributed by atoms with Crippen molar-refractivity contribution in [3.8, 4) is 11.8 Å². The summed E-state index contributed by atoms with van der Waals surface area (Å²) in [6.07, 6.45) is 0. The maximum atomic E-state index is 12.6. The van der Waals surface area contributed by atoms with Crippen LogP contribution in [0.25, 0.3) is 0 Å². The number of phenolic OH excluding ortho intramolecular Hbond substituents is 1. The van der Waals surface area contributed by atoms with Gasteiger partial charge in [-0.1, -0.05) is 0 Å². The highest BCUT2D eigenvalue weighted by atomic mass is 19.1. The molecule has 0 saturated heterocycles. The van der Waals surface area contributed by atoms with E-state index in [2.05, 4.69) is 5.32 Å². The summed E-state index contributed by atoms with van der Waals surface area (Å²) in [4.78, 5) is 11.5. The molecule has 0 radical (unpaired) electrons. The van der Waals surface area contributed by atoms with E-state index in [0.717, 1.165) is 12.1 Å². The van der Waals surface area contributed by atoms with Gasteiger partial charge in [-0.25, -0.2) is 4.39 Å². The molecule has 16 heavy (non-hydrogen) atoms. The monoisotopic (exact) mass is 222 g/mol. The van der Waals surface area contributed by atoms with Gasteiger partial charge in [-0.15, -0.1) is 0 Å². The first-order valence-corrected chi connectivity index (χ1v) is 4.71. The highest BCUT2D eigenvalue weighted by Crippen LogP contribution is 2.17. The Hall–Kier alpha value is -2.09. The second-order valence-electron chi connectivity index (χ2n) is 3.40. The molecule has 5 heteroatoms. The number of aromatic hydroxyl groups is 1. The Morgan fingerprint density at radius 3 is 2.94 bits per heavy atom. The van der Waals surface area contributed by atoms with E-state index in [1.54, 1.807) is 6.92 Å². The second-order valence-corrected chi connectivity index (χ2v) is 3.40. The summed E-state index contributed by atoms with van der Waals surface area (Å²) < 4.78 is 12.6. The molecule has 0 heterocycles. The molecular formula is C11H11FN2O2. The lowest BCUT2D eigenvalue weighted by atomic mass is 10.1. The van der Waals surface area contributed by atoms with Crippen molar-refractivity contribution in [2.24, 2.45) is 5.92 Å². The summed E-state index contributed by atoms with van der Waals surface area (Å²) >= 11 is 0. The Kier molecular flexibility index (Phi) is 3.84. The highest BCUT2D eigenvalue weighted by molar-refractivity contribution is 5.96. The fourth-order valence-electron chi connectivity index (χ4n) is 1.08. The lowest BCUT2D eigenvalue weighted by Gasteiger charge is -2.07. The molecule has 0 aliphatic carbocycles. The maximum absolute atomic E-state index is 12.6. The predicted octanol–water partition coefficient (Wildman–Crippen LogP) is 1.42. The average molecular weight is 222 g/mol. The number of rotatable bonds is 3. The normalized spacial score (nSPS) is 11.6. The first kappa shape index (κ1) is 12.0. The van der Waals surface area contributed by atoms with E-state index >= 15 is 0 Å². The third-order valence-electron chi connectivity index (χ3n) is 1.99. The molecule has 84 valence electrons. The van der Waals surface area contributed by atoms with Crippen molar-refractivity contribution in [3.63, 3.8) is 0 Å². The van der Waals surface area contributed by atoms with Crippen LogP contribution >= 0.6 is 0 Å². The molecule has 0 aliphatic heterocycles. The number of amides is 1. The summed E-state index contributed by atoms with van der Waals surface area (Å²) in [5, 5.41) is 20.3. The van der Waals surface area contributed by atoms with Gasteiger partial charge in [0.1, 0.15) is 11.6 Å². The summed E-state index contributed by atoms with van der Waals surface area (Å²) in [6, 6.07) is 5.10. The smallest absolute Gasteiger partial charge is 0.255 e. The lowest BCUT2D eigenvalue weighted by Crippen LogP contribution is -2.27. The molecule has 0 aliphatic rings. The first-order valence-electron chi connectivity index (χ1n) is 4.71.